The van der Waals surface area contributed by atoms with E-state index >= 15 is 0 Å². The van der Waals surface area contributed by atoms with Crippen LogP contribution in [0.4, 0.5) is 5.82 Å². The average molecular weight is 384 g/mol. The van der Waals surface area contributed by atoms with E-state index in [0.29, 0.717) is 5.92 Å². The summed E-state index contributed by atoms with van der Waals surface area (Å²) in [7, 11) is 0. The molecule has 5 aromatic rings. The van der Waals surface area contributed by atoms with Crippen molar-refractivity contribution in [2.24, 2.45) is 5.92 Å². The molecule has 0 amide bonds. The van der Waals surface area contributed by atoms with Gasteiger partial charge in [0.25, 0.3) is 0 Å². The van der Waals surface area contributed by atoms with Gasteiger partial charge >= 0.3 is 0 Å². The highest BCUT2D eigenvalue weighted by molar-refractivity contribution is 5.81. The van der Waals surface area contributed by atoms with Crippen LogP contribution < -0.4 is 5.32 Å². The van der Waals surface area contributed by atoms with Gasteiger partial charge in [0.2, 0.25) is 0 Å². The molecule has 8 heteroatoms. The van der Waals surface area contributed by atoms with Crippen LogP contribution in [0.25, 0.3) is 28.0 Å². The Labute approximate surface area is 167 Å². The van der Waals surface area contributed by atoms with Gasteiger partial charge < -0.3 is 10.3 Å². The van der Waals surface area contributed by atoms with E-state index in [4.69, 9.17) is 4.98 Å². The molecule has 144 valence electrons. The molecule has 2 N–H and O–H groups in total. The summed E-state index contributed by atoms with van der Waals surface area (Å²) in [6.07, 6.45) is 5.77. The number of pyridine rings is 1. The van der Waals surface area contributed by atoms with Gasteiger partial charge in [0.1, 0.15) is 23.2 Å². The second-order valence-corrected chi connectivity index (χ2v) is 7.06. The Morgan fingerprint density at radius 1 is 1.03 bits per heavy atom. The fourth-order valence-electron chi connectivity index (χ4n) is 3.49. The lowest BCUT2D eigenvalue weighted by atomic mass is 10.1. The molecule has 0 saturated heterocycles. The number of imidazole rings is 2. The Balaban J connectivity index is 1.40. The molecular weight excluding hydrogens is 364 g/mol. The summed E-state index contributed by atoms with van der Waals surface area (Å²) in [5, 5.41) is 3.40. The molecule has 0 aliphatic heterocycles. The summed E-state index contributed by atoms with van der Waals surface area (Å²) < 4.78 is 2.14. The van der Waals surface area contributed by atoms with E-state index in [0.717, 1.165) is 52.6 Å². The lowest BCUT2D eigenvalue weighted by molar-refractivity contribution is 0.586. The maximum atomic E-state index is 4.86. The summed E-state index contributed by atoms with van der Waals surface area (Å²) >= 11 is 0. The molecule has 0 fully saturated rings. The van der Waals surface area contributed by atoms with E-state index in [-0.39, 0.29) is 0 Å². The lowest BCUT2D eigenvalue weighted by Gasteiger charge is -2.14. The smallest absolute Gasteiger partial charge is 0.164 e. The minimum absolute atomic E-state index is 0.318. The largest absolute Gasteiger partial charge is 0.368 e. The summed E-state index contributed by atoms with van der Waals surface area (Å²) in [5.41, 5.74) is 4.33. The molecule has 0 bridgehead atoms. The number of H-pyrrole nitrogens is 1. The number of rotatable bonds is 6. The summed E-state index contributed by atoms with van der Waals surface area (Å²) in [6, 6.07) is 14.2. The maximum Gasteiger partial charge on any atom is 0.164 e. The van der Waals surface area contributed by atoms with Gasteiger partial charge in [0.15, 0.2) is 17.1 Å². The first-order valence-corrected chi connectivity index (χ1v) is 9.55. The minimum atomic E-state index is 0.318. The van der Waals surface area contributed by atoms with E-state index < -0.39 is 0 Å². The number of para-hydroxylation sites is 1. The Hall–Kier alpha value is -3.81. The number of hydrogen-bond acceptors (Lipinski definition) is 6. The Morgan fingerprint density at radius 3 is 2.83 bits per heavy atom. The van der Waals surface area contributed by atoms with Gasteiger partial charge in [-0.15, -0.1) is 0 Å². The van der Waals surface area contributed by atoms with Crippen molar-refractivity contribution in [2.45, 2.75) is 13.3 Å². The van der Waals surface area contributed by atoms with Crippen LogP contribution in [0.5, 0.6) is 0 Å². The van der Waals surface area contributed by atoms with Crippen LogP contribution in [0, 0.1) is 5.92 Å². The third-order valence-corrected chi connectivity index (χ3v) is 4.87. The third kappa shape index (κ3) is 3.29. The van der Waals surface area contributed by atoms with Gasteiger partial charge in [-0.05, 0) is 30.2 Å². The van der Waals surface area contributed by atoms with Crippen molar-refractivity contribution in [1.29, 1.82) is 0 Å². The zero-order valence-corrected chi connectivity index (χ0v) is 15.9. The van der Waals surface area contributed by atoms with Crippen LogP contribution in [0.1, 0.15) is 12.7 Å². The van der Waals surface area contributed by atoms with Gasteiger partial charge in [-0.1, -0.05) is 25.1 Å². The van der Waals surface area contributed by atoms with Crippen molar-refractivity contribution in [3.63, 3.8) is 0 Å². The van der Waals surface area contributed by atoms with E-state index in [1.54, 1.807) is 6.33 Å². The molecule has 0 aliphatic carbocycles. The average Bonchev–Trinajstić information content (AvgIpc) is 3.37. The van der Waals surface area contributed by atoms with Crippen molar-refractivity contribution < 1.29 is 0 Å². The normalized spacial score (nSPS) is 12.4. The molecule has 0 spiro atoms. The Morgan fingerprint density at radius 2 is 1.93 bits per heavy atom. The van der Waals surface area contributed by atoms with Gasteiger partial charge in [-0.2, -0.15) is 0 Å². The van der Waals surface area contributed by atoms with Crippen LogP contribution in [-0.2, 0) is 6.42 Å². The molecule has 0 aliphatic rings. The molecule has 1 aromatic carbocycles. The quantitative estimate of drug-likeness (QED) is 0.466. The second-order valence-electron chi connectivity index (χ2n) is 7.06. The molecule has 0 saturated carbocycles. The maximum absolute atomic E-state index is 4.86. The lowest BCUT2D eigenvalue weighted by Crippen LogP contribution is -2.17. The van der Waals surface area contributed by atoms with E-state index in [1.165, 1.54) is 6.33 Å². The number of aromatic amines is 1. The first-order chi connectivity index (χ1) is 14.3. The number of hydrogen-bond donors (Lipinski definition) is 2. The first-order valence-electron chi connectivity index (χ1n) is 9.55. The fourth-order valence-corrected chi connectivity index (χ4v) is 3.49. The molecule has 8 nitrogen and oxygen atoms in total. The van der Waals surface area contributed by atoms with Gasteiger partial charge in [0, 0.05) is 24.8 Å². The molecule has 4 heterocycles. The van der Waals surface area contributed by atoms with Crippen molar-refractivity contribution in [1.82, 2.24) is 34.5 Å². The van der Waals surface area contributed by atoms with Crippen LogP contribution in [0.15, 0.2) is 61.3 Å². The van der Waals surface area contributed by atoms with E-state index in [9.17, 15) is 0 Å². The number of nitrogens with zero attached hydrogens (tertiary/aromatic N) is 6. The monoisotopic (exact) mass is 384 g/mol. The van der Waals surface area contributed by atoms with Crippen LogP contribution in [0.2, 0.25) is 0 Å². The molecule has 1 atom stereocenters. The highest BCUT2D eigenvalue weighted by atomic mass is 15.1. The molecule has 4 aromatic heterocycles. The zero-order valence-electron chi connectivity index (χ0n) is 15.9. The number of anilines is 1. The van der Waals surface area contributed by atoms with Crippen molar-refractivity contribution >= 4 is 28.1 Å². The van der Waals surface area contributed by atoms with Crippen LogP contribution in [-0.4, -0.2) is 41.0 Å². The Kier molecular flexibility index (Phi) is 4.36. The van der Waals surface area contributed by atoms with E-state index in [2.05, 4.69) is 53.9 Å². The molecule has 5 rings (SSSR count). The summed E-state index contributed by atoms with van der Waals surface area (Å²) in [6.45, 7) is 2.93. The molecule has 29 heavy (non-hydrogen) atoms. The van der Waals surface area contributed by atoms with E-state index in [1.807, 2.05) is 36.5 Å². The van der Waals surface area contributed by atoms with Crippen molar-refractivity contribution in [2.75, 3.05) is 11.9 Å². The van der Waals surface area contributed by atoms with Gasteiger partial charge in [0.05, 0.1) is 6.33 Å². The summed E-state index contributed by atoms with van der Waals surface area (Å²) in [4.78, 5) is 25.2. The van der Waals surface area contributed by atoms with Crippen LogP contribution in [0.3, 0.4) is 0 Å². The second kappa shape index (κ2) is 7.31. The molecule has 0 radical (unpaired) electrons. The standard InChI is InChI=1S/C21H20N8/c1-14(11-23-19-18-20(25-12-24-18)27-13-26-19)10-17-28-16-8-5-9-22-21(16)29(17)15-6-3-2-4-7-15/h2-9,12-14H,10-11H2,1H3,(H2,23,24,25,26,27). The predicted octanol–water partition coefficient (Wildman–Crippen LogP) is 3.38. The minimum Gasteiger partial charge on any atom is -0.368 e. The van der Waals surface area contributed by atoms with Crippen molar-refractivity contribution in [3.05, 3.63) is 67.1 Å². The van der Waals surface area contributed by atoms with Gasteiger partial charge in [-0.3, -0.25) is 4.57 Å². The van der Waals surface area contributed by atoms with Crippen LogP contribution >= 0.6 is 0 Å². The Bertz CT molecular complexity index is 1260. The predicted molar refractivity (Wildman–Crippen MR) is 112 cm³/mol. The number of nitrogens with one attached hydrogen (secondary N) is 2. The zero-order chi connectivity index (χ0) is 19.6. The molecule has 1 unspecified atom stereocenters. The summed E-state index contributed by atoms with van der Waals surface area (Å²) in [5.74, 6) is 2.05. The molecular formula is C21H20N8. The third-order valence-electron chi connectivity index (χ3n) is 4.87. The number of fused-ring (bicyclic) bond motifs is 2. The number of benzene rings is 1. The van der Waals surface area contributed by atoms with Crippen molar-refractivity contribution in [3.8, 4) is 5.69 Å². The fraction of sp³-hybridized carbons (Fsp3) is 0.190. The van der Waals surface area contributed by atoms with Gasteiger partial charge in [-0.25, -0.2) is 24.9 Å². The highest BCUT2D eigenvalue weighted by Gasteiger charge is 2.16. The topological polar surface area (TPSA) is 97.2 Å². The highest BCUT2D eigenvalue weighted by Crippen LogP contribution is 2.22. The number of aromatic nitrogens is 7. The SMILES string of the molecule is CC(CNc1ncnc2[nH]cnc12)Cc1nc2cccnc2n1-c1ccccc1. The first kappa shape index (κ1) is 17.3.